The molecule has 3 aromatic rings. The summed E-state index contributed by atoms with van der Waals surface area (Å²) in [6.45, 7) is 2.10. The molecule has 8 heteroatoms. The zero-order valence-electron chi connectivity index (χ0n) is 18.4. The summed E-state index contributed by atoms with van der Waals surface area (Å²) < 4.78 is 46.5. The summed E-state index contributed by atoms with van der Waals surface area (Å²) in [5.74, 6) is -2.39. The number of rotatable bonds is 6. The van der Waals surface area contributed by atoms with Crippen LogP contribution in [0.15, 0.2) is 66.7 Å². The van der Waals surface area contributed by atoms with E-state index in [0.717, 1.165) is 11.6 Å². The van der Waals surface area contributed by atoms with E-state index in [9.17, 15) is 22.8 Å². The zero-order valence-corrected chi connectivity index (χ0v) is 18.4. The van der Waals surface area contributed by atoms with Crippen molar-refractivity contribution in [2.24, 2.45) is 5.73 Å². The van der Waals surface area contributed by atoms with Crippen molar-refractivity contribution in [1.82, 2.24) is 4.90 Å². The minimum Gasteiger partial charge on any atom is -0.437 e. The van der Waals surface area contributed by atoms with Gasteiger partial charge in [-0.15, -0.1) is 0 Å². The van der Waals surface area contributed by atoms with Gasteiger partial charge in [0.25, 0.3) is 0 Å². The van der Waals surface area contributed by atoms with E-state index < -0.39 is 35.1 Å². The first-order chi connectivity index (χ1) is 16.2. The van der Waals surface area contributed by atoms with Crippen LogP contribution in [0.3, 0.4) is 0 Å². The maximum atomic E-state index is 14.1. The summed E-state index contributed by atoms with van der Waals surface area (Å²) in [4.78, 5) is 26.3. The SMILES string of the molecule is C[C@@H](c1ccc(-c2ccc(F)cc2F)cc1)N1CC[C@](CC(N)=O)(c2ccc(F)cc2)OC1=O. The number of hydrogen-bond acceptors (Lipinski definition) is 3. The number of hydrogen-bond donors (Lipinski definition) is 1. The van der Waals surface area contributed by atoms with E-state index in [1.165, 1.54) is 41.3 Å². The molecule has 0 radical (unpaired) electrons. The molecule has 5 nitrogen and oxygen atoms in total. The average Bonchev–Trinajstić information content (AvgIpc) is 2.79. The molecule has 4 rings (SSSR count). The molecule has 1 aliphatic rings. The summed E-state index contributed by atoms with van der Waals surface area (Å²) in [6, 6.07) is 15.4. The number of amides is 2. The molecule has 1 fully saturated rings. The van der Waals surface area contributed by atoms with Gasteiger partial charge < -0.3 is 15.4 Å². The summed E-state index contributed by atoms with van der Waals surface area (Å²) in [7, 11) is 0. The Hall–Kier alpha value is -3.81. The summed E-state index contributed by atoms with van der Waals surface area (Å²) >= 11 is 0. The van der Waals surface area contributed by atoms with Crippen LogP contribution in [0.4, 0.5) is 18.0 Å². The smallest absolute Gasteiger partial charge is 0.411 e. The molecule has 1 aliphatic heterocycles. The minimum atomic E-state index is -1.27. The Morgan fingerprint density at radius 3 is 2.26 bits per heavy atom. The molecule has 0 aromatic heterocycles. The van der Waals surface area contributed by atoms with Crippen LogP contribution >= 0.6 is 0 Å². The van der Waals surface area contributed by atoms with Crippen molar-refractivity contribution in [1.29, 1.82) is 0 Å². The number of primary amides is 1. The first kappa shape index (κ1) is 23.4. The van der Waals surface area contributed by atoms with Crippen LogP contribution in [-0.4, -0.2) is 23.4 Å². The largest absolute Gasteiger partial charge is 0.437 e. The maximum Gasteiger partial charge on any atom is 0.411 e. The number of cyclic esters (lactones) is 1. The topological polar surface area (TPSA) is 72.6 Å². The monoisotopic (exact) mass is 468 g/mol. The lowest BCUT2D eigenvalue weighted by Gasteiger charge is -2.43. The van der Waals surface area contributed by atoms with Crippen molar-refractivity contribution >= 4 is 12.0 Å². The number of halogens is 3. The standard InChI is InChI=1S/C26H23F3N2O3/c1-16(17-2-4-18(5-3-17)22-11-10-21(28)14-23(22)29)31-13-12-26(15-24(30)32,34-25(31)33)19-6-8-20(27)9-7-19/h2-11,14,16H,12-13,15H2,1H3,(H2,30,32)/t16-,26-/m0/s1. The molecule has 176 valence electrons. The number of carbonyl (C=O) groups is 2. The molecule has 0 bridgehead atoms. The molecular weight excluding hydrogens is 445 g/mol. The van der Waals surface area contributed by atoms with Crippen molar-refractivity contribution in [2.75, 3.05) is 6.54 Å². The molecule has 3 aromatic carbocycles. The molecule has 0 spiro atoms. The normalized spacial score (nSPS) is 18.9. The lowest BCUT2D eigenvalue weighted by Crippen LogP contribution is -2.50. The summed E-state index contributed by atoms with van der Waals surface area (Å²) in [6.07, 6.45) is -0.556. The van der Waals surface area contributed by atoms with Crippen LogP contribution in [0.5, 0.6) is 0 Å². The van der Waals surface area contributed by atoms with E-state index in [-0.39, 0.29) is 31.0 Å². The second kappa shape index (κ2) is 9.21. The van der Waals surface area contributed by atoms with Crippen molar-refractivity contribution in [3.05, 3.63) is 95.3 Å². The molecule has 0 saturated carbocycles. The maximum absolute atomic E-state index is 14.1. The number of nitrogens with two attached hydrogens (primary N) is 1. The van der Waals surface area contributed by atoms with Gasteiger partial charge in [0.15, 0.2) is 0 Å². The van der Waals surface area contributed by atoms with Crippen LogP contribution in [0.1, 0.15) is 36.9 Å². The molecule has 0 aliphatic carbocycles. The fourth-order valence-electron chi connectivity index (χ4n) is 4.33. The van der Waals surface area contributed by atoms with Crippen LogP contribution in [0.2, 0.25) is 0 Å². The third-order valence-corrected chi connectivity index (χ3v) is 6.21. The van der Waals surface area contributed by atoms with Gasteiger partial charge in [-0.3, -0.25) is 4.79 Å². The molecular formula is C26H23F3N2O3. The zero-order chi connectivity index (χ0) is 24.5. The lowest BCUT2D eigenvalue weighted by molar-refractivity contribution is -0.127. The van der Waals surface area contributed by atoms with Crippen molar-refractivity contribution in [3.63, 3.8) is 0 Å². The van der Waals surface area contributed by atoms with E-state index in [4.69, 9.17) is 10.5 Å². The van der Waals surface area contributed by atoms with Gasteiger partial charge in [-0.05, 0) is 47.9 Å². The number of nitrogens with zero attached hydrogens (tertiary/aromatic N) is 1. The van der Waals surface area contributed by atoms with Gasteiger partial charge in [-0.25, -0.2) is 18.0 Å². The fraction of sp³-hybridized carbons (Fsp3) is 0.231. The quantitative estimate of drug-likeness (QED) is 0.523. The van der Waals surface area contributed by atoms with E-state index in [0.29, 0.717) is 11.1 Å². The van der Waals surface area contributed by atoms with E-state index in [1.807, 2.05) is 6.92 Å². The highest BCUT2D eigenvalue weighted by atomic mass is 19.1. The highest BCUT2D eigenvalue weighted by Crippen LogP contribution is 2.39. The second-order valence-electron chi connectivity index (χ2n) is 8.38. The van der Waals surface area contributed by atoms with Gasteiger partial charge in [0.2, 0.25) is 5.91 Å². The van der Waals surface area contributed by atoms with Gasteiger partial charge in [-0.2, -0.15) is 0 Å². The number of carbonyl (C=O) groups excluding carboxylic acids is 2. The van der Waals surface area contributed by atoms with Gasteiger partial charge in [-0.1, -0.05) is 36.4 Å². The van der Waals surface area contributed by atoms with Gasteiger partial charge in [0.05, 0.1) is 12.5 Å². The minimum absolute atomic E-state index is 0.218. The number of benzene rings is 3. The van der Waals surface area contributed by atoms with Crippen LogP contribution in [0.25, 0.3) is 11.1 Å². The Morgan fingerprint density at radius 2 is 1.68 bits per heavy atom. The summed E-state index contributed by atoms with van der Waals surface area (Å²) in [5, 5.41) is 0. The van der Waals surface area contributed by atoms with Crippen molar-refractivity contribution in [2.45, 2.75) is 31.4 Å². The Morgan fingerprint density at radius 1 is 1.03 bits per heavy atom. The predicted molar refractivity (Wildman–Crippen MR) is 120 cm³/mol. The Kier molecular flexibility index (Phi) is 6.32. The molecule has 1 saturated heterocycles. The first-order valence-corrected chi connectivity index (χ1v) is 10.8. The van der Waals surface area contributed by atoms with E-state index in [1.54, 1.807) is 24.3 Å². The van der Waals surface area contributed by atoms with Gasteiger partial charge in [0, 0.05) is 24.6 Å². The molecule has 2 N–H and O–H groups in total. The average molecular weight is 468 g/mol. The van der Waals surface area contributed by atoms with Crippen LogP contribution in [0, 0.1) is 17.5 Å². The molecule has 34 heavy (non-hydrogen) atoms. The third-order valence-electron chi connectivity index (χ3n) is 6.21. The van der Waals surface area contributed by atoms with E-state index in [2.05, 4.69) is 0 Å². The summed E-state index contributed by atoms with van der Waals surface area (Å²) in [5.41, 5.74) is 6.29. The van der Waals surface area contributed by atoms with Crippen LogP contribution in [-0.2, 0) is 15.1 Å². The lowest BCUT2D eigenvalue weighted by atomic mass is 9.85. The Labute approximate surface area is 194 Å². The molecule has 0 unspecified atom stereocenters. The van der Waals surface area contributed by atoms with Crippen LogP contribution < -0.4 is 5.73 Å². The highest BCUT2D eigenvalue weighted by Gasteiger charge is 2.44. The fourth-order valence-corrected chi connectivity index (χ4v) is 4.33. The molecule has 1 heterocycles. The molecule has 2 amide bonds. The van der Waals surface area contributed by atoms with Gasteiger partial charge >= 0.3 is 6.09 Å². The Balaban J connectivity index is 1.54. The highest BCUT2D eigenvalue weighted by molar-refractivity contribution is 5.77. The second-order valence-corrected chi connectivity index (χ2v) is 8.38. The number of ether oxygens (including phenoxy) is 1. The third kappa shape index (κ3) is 4.62. The Bertz CT molecular complexity index is 1210. The molecule has 2 atom stereocenters. The van der Waals surface area contributed by atoms with E-state index >= 15 is 0 Å². The van der Waals surface area contributed by atoms with Crippen molar-refractivity contribution in [3.8, 4) is 11.1 Å². The van der Waals surface area contributed by atoms with Gasteiger partial charge in [0.1, 0.15) is 23.1 Å². The van der Waals surface area contributed by atoms with Crippen molar-refractivity contribution < 1.29 is 27.5 Å². The predicted octanol–water partition coefficient (Wildman–Crippen LogP) is 5.45. The first-order valence-electron chi connectivity index (χ1n) is 10.8.